The summed E-state index contributed by atoms with van der Waals surface area (Å²) in [5.74, 6) is 0. The highest BCUT2D eigenvalue weighted by atomic mass is 35.5. The summed E-state index contributed by atoms with van der Waals surface area (Å²) in [6, 6.07) is 5.59. The number of benzene rings is 1. The molecule has 0 bridgehead atoms. The van der Waals surface area contributed by atoms with E-state index in [0.717, 1.165) is 23.5 Å². The van der Waals surface area contributed by atoms with Crippen LogP contribution >= 0.6 is 11.6 Å². The van der Waals surface area contributed by atoms with E-state index in [1.165, 1.54) is 0 Å². The topological polar surface area (TPSA) is 43.8 Å². The summed E-state index contributed by atoms with van der Waals surface area (Å²) < 4.78 is 2.08. The van der Waals surface area contributed by atoms with Gasteiger partial charge in [-0.25, -0.2) is 4.98 Å². The molecule has 0 aliphatic rings. The molecular weight excluding hydrogens is 222 g/mol. The van der Waals surface area contributed by atoms with Crippen molar-refractivity contribution < 1.29 is 0 Å². The maximum atomic E-state index is 6.12. The molecule has 16 heavy (non-hydrogen) atoms. The van der Waals surface area contributed by atoms with Crippen LogP contribution in [0.4, 0.5) is 5.69 Å². The molecule has 1 aromatic heterocycles. The Bertz CT molecular complexity index is 517. The number of nitrogens with two attached hydrogens (primary N) is 1. The van der Waals surface area contributed by atoms with Crippen LogP contribution in [-0.4, -0.2) is 9.55 Å². The van der Waals surface area contributed by atoms with Crippen LogP contribution in [0.2, 0.25) is 5.02 Å². The van der Waals surface area contributed by atoms with E-state index in [9.17, 15) is 0 Å². The van der Waals surface area contributed by atoms with Gasteiger partial charge in [-0.1, -0.05) is 17.7 Å². The molecule has 2 rings (SSSR count). The molecule has 0 unspecified atom stereocenters. The predicted molar refractivity (Wildman–Crippen MR) is 66.7 cm³/mol. The SMILES string of the molecule is Cc1ncn(Cc2ccc(N)cc2Cl)c1C. The molecule has 84 valence electrons. The summed E-state index contributed by atoms with van der Waals surface area (Å²) in [5.41, 5.74) is 9.60. The van der Waals surface area contributed by atoms with Gasteiger partial charge in [-0.05, 0) is 31.5 Å². The summed E-state index contributed by atoms with van der Waals surface area (Å²) in [6.07, 6.45) is 1.83. The lowest BCUT2D eigenvalue weighted by atomic mass is 10.2. The second-order valence-corrected chi connectivity index (χ2v) is 4.30. The van der Waals surface area contributed by atoms with Gasteiger partial charge in [0, 0.05) is 16.4 Å². The number of imidazole rings is 1. The zero-order valence-electron chi connectivity index (χ0n) is 9.37. The van der Waals surface area contributed by atoms with Crippen LogP contribution in [0.3, 0.4) is 0 Å². The monoisotopic (exact) mass is 235 g/mol. The molecule has 0 radical (unpaired) electrons. The minimum absolute atomic E-state index is 0.687. The van der Waals surface area contributed by atoms with Gasteiger partial charge < -0.3 is 10.3 Å². The quantitative estimate of drug-likeness (QED) is 0.814. The minimum Gasteiger partial charge on any atom is -0.399 e. The summed E-state index contributed by atoms with van der Waals surface area (Å²) in [4.78, 5) is 4.25. The molecule has 3 nitrogen and oxygen atoms in total. The Morgan fingerprint density at radius 2 is 2.12 bits per heavy atom. The van der Waals surface area contributed by atoms with Crippen LogP contribution in [-0.2, 0) is 6.54 Å². The fourth-order valence-electron chi connectivity index (χ4n) is 1.58. The summed E-state index contributed by atoms with van der Waals surface area (Å²) in [7, 11) is 0. The smallest absolute Gasteiger partial charge is 0.0954 e. The fraction of sp³-hybridized carbons (Fsp3) is 0.250. The Morgan fingerprint density at radius 1 is 1.38 bits per heavy atom. The average molecular weight is 236 g/mol. The number of hydrogen-bond donors (Lipinski definition) is 1. The largest absolute Gasteiger partial charge is 0.399 e. The zero-order valence-corrected chi connectivity index (χ0v) is 10.1. The Kier molecular flexibility index (Phi) is 2.88. The zero-order chi connectivity index (χ0) is 11.7. The Labute approximate surface area is 99.9 Å². The first-order valence-corrected chi connectivity index (χ1v) is 5.48. The molecule has 0 spiro atoms. The fourth-order valence-corrected chi connectivity index (χ4v) is 1.83. The number of hydrogen-bond acceptors (Lipinski definition) is 2. The molecule has 1 aromatic carbocycles. The van der Waals surface area contributed by atoms with Crippen molar-refractivity contribution in [1.82, 2.24) is 9.55 Å². The van der Waals surface area contributed by atoms with Crippen LogP contribution in [0.15, 0.2) is 24.5 Å². The summed E-state index contributed by atoms with van der Waals surface area (Å²) in [6.45, 7) is 4.77. The molecular formula is C12H14ClN3. The van der Waals surface area contributed by atoms with E-state index in [1.807, 2.05) is 32.3 Å². The van der Waals surface area contributed by atoms with E-state index in [0.29, 0.717) is 10.7 Å². The first kappa shape index (κ1) is 11.0. The lowest BCUT2D eigenvalue weighted by Gasteiger charge is -2.08. The molecule has 0 aliphatic heterocycles. The normalized spacial score (nSPS) is 10.7. The molecule has 0 saturated heterocycles. The Morgan fingerprint density at radius 3 is 2.69 bits per heavy atom. The van der Waals surface area contributed by atoms with Crippen molar-refractivity contribution in [3.05, 3.63) is 46.5 Å². The number of rotatable bonds is 2. The lowest BCUT2D eigenvalue weighted by molar-refractivity contribution is 0.769. The first-order chi connectivity index (χ1) is 7.58. The van der Waals surface area contributed by atoms with E-state index in [-0.39, 0.29) is 0 Å². The number of nitrogen functional groups attached to an aromatic ring is 1. The first-order valence-electron chi connectivity index (χ1n) is 5.10. The van der Waals surface area contributed by atoms with Gasteiger partial charge in [0.25, 0.3) is 0 Å². The van der Waals surface area contributed by atoms with Crippen LogP contribution < -0.4 is 5.73 Å². The van der Waals surface area contributed by atoms with E-state index < -0.39 is 0 Å². The van der Waals surface area contributed by atoms with Crippen molar-refractivity contribution in [2.45, 2.75) is 20.4 Å². The molecule has 0 saturated carbocycles. The molecule has 2 aromatic rings. The van der Waals surface area contributed by atoms with Crippen molar-refractivity contribution >= 4 is 17.3 Å². The number of nitrogens with zero attached hydrogens (tertiary/aromatic N) is 2. The highest BCUT2D eigenvalue weighted by Crippen LogP contribution is 2.20. The summed E-state index contributed by atoms with van der Waals surface area (Å²) in [5, 5.41) is 0.700. The van der Waals surface area contributed by atoms with Crippen molar-refractivity contribution in [2.24, 2.45) is 0 Å². The third-order valence-corrected chi connectivity index (χ3v) is 3.11. The minimum atomic E-state index is 0.687. The van der Waals surface area contributed by atoms with Gasteiger partial charge in [-0.3, -0.25) is 0 Å². The van der Waals surface area contributed by atoms with Gasteiger partial charge in [0.1, 0.15) is 0 Å². The third-order valence-electron chi connectivity index (χ3n) is 2.76. The molecule has 0 aliphatic carbocycles. The van der Waals surface area contributed by atoms with E-state index >= 15 is 0 Å². The van der Waals surface area contributed by atoms with Crippen LogP contribution in [0.25, 0.3) is 0 Å². The molecule has 0 atom stereocenters. The van der Waals surface area contributed by atoms with Gasteiger partial charge in [-0.2, -0.15) is 0 Å². The van der Waals surface area contributed by atoms with E-state index in [2.05, 4.69) is 9.55 Å². The number of halogens is 1. The number of anilines is 1. The molecule has 4 heteroatoms. The van der Waals surface area contributed by atoms with Crippen LogP contribution in [0.5, 0.6) is 0 Å². The van der Waals surface area contributed by atoms with Crippen molar-refractivity contribution in [3.8, 4) is 0 Å². The molecule has 2 N–H and O–H groups in total. The predicted octanol–water partition coefficient (Wildman–Crippen LogP) is 2.78. The Balaban J connectivity index is 2.30. The van der Waals surface area contributed by atoms with Gasteiger partial charge in [0.2, 0.25) is 0 Å². The van der Waals surface area contributed by atoms with Crippen molar-refractivity contribution in [2.75, 3.05) is 5.73 Å². The van der Waals surface area contributed by atoms with E-state index in [4.69, 9.17) is 17.3 Å². The van der Waals surface area contributed by atoms with Gasteiger partial charge >= 0.3 is 0 Å². The van der Waals surface area contributed by atoms with Gasteiger partial charge in [0.15, 0.2) is 0 Å². The highest BCUT2D eigenvalue weighted by Gasteiger charge is 2.05. The number of aryl methyl sites for hydroxylation is 1. The summed E-state index contributed by atoms with van der Waals surface area (Å²) >= 11 is 6.12. The second-order valence-electron chi connectivity index (χ2n) is 3.89. The Hall–Kier alpha value is -1.48. The van der Waals surface area contributed by atoms with Crippen LogP contribution in [0.1, 0.15) is 17.0 Å². The van der Waals surface area contributed by atoms with Crippen molar-refractivity contribution in [3.63, 3.8) is 0 Å². The average Bonchev–Trinajstić information content (AvgIpc) is 2.54. The van der Waals surface area contributed by atoms with Gasteiger partial charge in [-0.15, -0.1) is 0 Å². The molecule has 1 heterocycles. The van der Waals surface area contributed by atoms with E-state index in [1.54, 1.807) is 6.07 Å². The molecule has 0 amide bonds. The standard InChI is InChI=1S/C12H14ClN3/c1-8-9(2)16(7-15-8)6-10-3-4-11(14)5-12(10)13/h3-5,7H,6,14H2,1-2H3. The highest BCUT2D eigenvalue weighted by molar-refractivity contribution is 6.31. The van der Waals surface area contributed by atoms with Crippen molar-refractivity contribution in [1.29, 1.82) is 0 Å². The van der Waals surface area contributed by atoms with Crippen LogP contribution in [0, 0.1) is 13.8 Å². The molecule has 0 fully saturated rings. The maximum absolute atomic E-state index is 6.12. The van der Waals surface area contributed by atoms with Gasteiger partial charge in [0.05, 0.1) is 18.6 Å². The second kappa shape index (κ2) is 4.18. The number of aromatic nitrogens is 2. The lowest BCUT2D eigenvalue weighted by Crippen LogP contribution is -2.01. The maximum Gasteiger partial charge on any atom is 0.0954 e. The third kappa shape index (κ3) is 2.04.